The van der Waals surface area contributed by atoms with Crippen molar-refractivity contribution in [1.82, 2.24) is 19.8 Å². The molecule has 0 saturated heterocycles. The molecule has 0 saturated carbocycles. The van der Waals surface area contributed by atoms with E-state index in [1.54, 1.807) is 38.4 Å². The topological polar surface area (TPSA) is 98.0 Å². The van der Waals surface area contributed by atoms with E-state index < -0.39 is 32.6 Å². The van der Waals surface area contributed by atoms with E-state index in [1.807, 2.05) is 0 Å². The van der Waals surface area contributed by atoms with Crippen LogP contribution in [0.3, 0.4) is 0 Å². The summed E-state index contributed by atoms with van der Waals surface area (Å²) in [6.45, 7) is 3.48. The quantitative estimate of drug-likeness (QED) is 0.690. The van der Waals surface area contributed by atoms with Crippen molar-refractivity contribution in [2.24, 2.45) is 5.92 Å². The average molecular weight is 394 g/mol. The van der Waals surface area contributed by atoms with Crippen molar-refractivity contribution in [3.05, 3.63) is 60.3 Å². The van der Waals surface area contributed by atoms with Crippen LogP contribution in [0.15, 0.2) is 52.1 Å². The number of aromatic nitrogens is 3. The molecule has 0 fully saturated rings. The predicted molar refractivity (Wildman–Crippen MR) is 91.8 cm³/mol. The van der Waals surface area contributed by atoms with Crippen LogP contribution in [0.4, 0.5) is 8.78 Å². The minimum Gasteiger partial charge on any atom is -0.337 e. The van der Waals surface area contributed by atoms with Gasteiger partial charge in [0.1, 0.15) is 22.6 Å². The van der Waals surface area contributed by atoms with Crippen LogP contribution in [0.1, 0.15) is 25.8 Å². The summed E-state index contributed by atoms with van der Waals surface area (Å²) in [7, 11) is -4.28. The SMILES string of the molecule is CC(C)C(NS(=O)(=O)c1ccc(F)cc1F)c1nc(-c2ccncc2)no1. The van der Waals surface area contributed by atoms with Gasteiger partial charge in [0.15, 0.2) is 0 Å². The van der Waals surface area contributed by atoms with Crippen molar-refractivity contribution < 1.29 is 21.7 Å². The molecule has 1 unspecified atom stereocenters. The first-order valence-electron chi connectivity index (χ1n) is 7.99. The van der Waals surface area contributed by atoms with Gasteiger partial charge in [0, 0.05) is 24.0 Å². The van der Waals surface area contributed by atoms with Crippen molar-refractivity contribution in [2.75, 3.05) is 0 Å². The number of benzene rings is 1. The van der Waals surface area contributed by atoms with Crippen molar-refractivity contribution in [2.45, 2.75) is 24.8 Å². The fourth-order valence-corrected chi connectivity index (χ4v) is 3.77. The molecule has 0 spiro atoms. The molecule has 2 aromatic heterocycles. The van der Waals surface area contributed by atoms with Gasteiger partial charge >= 0.3 is 0 Å². The molecule has 0 amide bonds. The van der Waals surface area contributed by atoms with E-state index in [4.69, 9.17) is 4.52 Å². The van der Waals surface area contributed by atoms with Crippen molar-refractivity contribution in [3.63, 3.8) is 0 Å². The monoisotopic (exact) mass is 394 g/mol. The number of rotatable bonds is 6. The Balaban J connectivity index is 1.92. The molecular formula is C17H16F2N4O3S. The van der Waals surface area contributed by atoms with Gasteiger partial charge in [0.05, 0.1) is 0 Å². The standard InChI is InChI=1S/C17H16F2N4O3S/c1-10(2)15(17-21-16(22-26-17)11-5-7-20-8-6-11)23-27(24,25)14-4-3-12(18)9-13(14)19/h3-10,15,23H,1-2H3. The Labute approximate surface area is 154 Å². The molecule has 10 heteroatoms. The molecule has 1 atom stereocenters. The maximum absolute atomic E-state index is 13.9. The zero-order valence-electron chi connectivity index (χ0n) is 14.4. The van der Waals surface area contributed by atoms with Gasteiger partial charge in [-0.15, -0.1) is 0 Å². The summed E-state index contributed by atoms with van der Waals surface area (Å²) < 4.78 is 59.6. The van der Waals surface area contributed by atoms with Gasteiger partial charge in [0.25, 0.3) is 0 Å². The normalized spacial score (nSPS) is 13.1. The highest BCUT2D eigenvalue weighted by atomic mass is 32.2. The second-order valence-electron chi connectivity index (χ2n) is 6.11. The summed E-state index contributed by atoms with van der Waals surface area (Å²) in [5.74, 6) is -2.04. The number of nitrogens with one attached hydrogen (secondary N) is 1. The maximum Gasteiger partial charge on any atom is 0.245 e. The fourth-order valence-electron chi connectivity index (χ4n) is 2.38. The van der Waals surface area contributed by atoms with Crippen molar-refractivity contribution >= 4 is 10.0 Å². The number of hydrogen-bond donors (Lipinski definition) is 1. The number of nitrogens with zero attached hydrogens (tertiary/aromatic N) is 3. The van der Waals surface area contributed by atoms with Crippen LogP contribution < -0.4 is 4.72 Å². The molecule has 7 nitrogen and oxygen atoms in total. The first-order valence-corrected chi connectivity index (χ1v) is 9.47. The van der Waals surface area contributed by atoms with E-state index in [2.05, 4.69) is 19.8 Å². The summed E-state index contributed by atoms with van der Waals surface area (Å²) >= 11 is 0. The molecule has 1 aromatic carbocycles. The van der Waals surface area contributed by atoms with Crippen LogP contribution in [0.5, 0.6) is 0 Å². The largest absolute Gasteiger partial charge is 0.337 e. The first kappa shape index (κ1) is 19.1. The van der Waals surface area contributed by atoms with Gasteiger partial charge in [-0.25, -0.2) is 17.2 Å². The summed E-state index contributed by atoms with van der Waals surface area (Å²) in [5, 5.41) is 3.85. The van der Waals surface area contributed by atoms with Gasteiger partial charge in [0.2, 0.25) is 21.7 Å². The molecule has 0 aliphatic heterocycles. The van der Waals surface area contributed by atoms with E-state index >= 15 is 0 Å². The van der Waals surface area contributed by atoms with E-state index in [0.717, 1.165) is 12.1 Å². The highest BCUT2D eigenvalue weighted by Crippen LogP contribution is 2.26. The van der Waals surface area contributed by atoms with Crippen LogP contribution in [0, 0.1) is 17.6 Å². The Kier molecular flexibility index (Phi) is 5.29. The van der Waals surface area contributed by atoms with E-state index in [-0.39, 0.29) is 17.6 Å². The lowest BCUT2D eigenvalue weighted by molar-refractivity contribution is 0.311. The minimum absolute atomic E-state index is 0.0305. The zero-order valence-corrected chi connectivity index (χ0v) is 15.2. The van der Waals surface area contributed by atoms with Gasteiger partial charge in [-0.3, -0.25) is 4.98 Å². The third-order valence-electron chi connectivity index (χ3n) is 3.78. The average Bonchev–Trinajstić information content (AvgIpc) is 3.09. The Morgan fingerprint density at radius 3 is 2.44 bits per heavy atom. The minimum atomic E-state index is -4.28. The summed E-state index contributed by atoms with van der Waals surface area (Å²) in [6.07, 6.45) is 3.12. The molecule has 3 rings (SSSR count). The first-order chi connectivity index (χ1) is 12.8. The summed E-state index contributed by atoms with van der Waals surface area (Å²) in [4.78, 5) is 7.46. The lowest BCUT2D eigenvalue weighted by atomic mass is 10.1. The van der Waals surface area contributed by atoms with E-state index in [1.165, 1.54) is 0 Å². The number of sulfonamides is 1. The van der Waals surface area contributed by atoms with Gasteiger partial charge in [-0.2, -0.15) is 9.71 Å². The van der Waals surface area contributed by atoms with Crippen LogP contribution >= 0.6 is 0 Å². The Morgan fingerprint density at radius 2 is 1.81 bits per heavy atom. The number of halogens is 2. The second kappa shape index (κ2) is 7.49. The Hall–Kier alpha value is -2.72. The van der Waals surface area contributed by atoms with Crippen LogP contribution in [-0.2, 0) is 10.0 Å². The number of hydrogen-bond acceptors (Lipinski definition) is 6. The lowest BCUT2D eigenvalue weighted by Gasteiger charge is -2.18. The molecule has 0 aliphatic carbocycles. The highest BCUT2D eigenvalue weighted by molar-refractivity contribution is 7.89. The van der Waals surface area contributed by atoms with Gasteiger partial charge < -0.3 is 4.52 Å². The third-order valence-corrected chi connectivity index (χ3v) is 5.25. The van der Waals surface area contributed by atoms with Crippen LogP contribution in [0.25, 0.3) is 11.4 Å². The Morgan fingerprint density at radius 1 is 1.11 bits per heavy atom. The molecule has 142 valence electrons. The van der Waals surface area contributed by atoms with E-state index in [9.17, 15) is 17.2 Å². The summed E-state index contributed by atoms with van der Waals surface area (Å²) in [5.41, 5.74) is 0.648. The molecule has 2 heterocycles. The predicted octanol–water partition coefficient (Wildman–Crippen LogP) is 3.09. The maximum atomic E-state index is 13.9. The highest BCUT2D eigenvalue weighted by Gasteiger charge is 2.30. The van der Waals surface area contributed by atoms with Crippen molar-refractivity contribution in [1.29, 1.82) is 0 Å². The molecule has 0 aliphatic rings. The lowest BCUT2D eigenvalue weighted by Crippen LogP contribution is -2.32. The van der Waals surface area contributed by atoms with Crippen LogP contribution in [-0.4, -0.2) is 23.5 Å². The number of pyridine rings is 1. The molecular weight excluding hydrogens is 378 g/mol. The van der Waals surface area contributed by atoms with Crippen LogP contribution in [0.2, 0.25) is 0 Å². The summed E-state index contributed by atoms with van der Waals surface area (Å²) in [6, 6.07) is 4.70. The van der Waals surface area contributed by atoms with Crippen molar-refractivity contribution in [3.8, 4) is 11.4 Å². The zero-order chi connectivity index (χ0) is 19.6. The molecule has 3 aromatic rings. The molecule has 1 N–H and O–H groups in total. The van der Waals surface area contributed by atoms with E-state index in [0.29, 0.717) is 11.6 Å². The second-order valence-corrected chi connectivity index (χ2v) is 7.79. The van der Waals surface area contributed by atoms with Gasteiger partial charge in [-0.05, 0) is 30.2 Å². The molecule has 0 radical (unpaired) electrons. The third kappa shape index (κ3) is 4.17. The fraction of sp³-hybridized carbons (Fsp3) is 0.235. The molecule has 0 bridgehead atoms. The van der Waals surface area contributed by atoms with Gasteiger partial charge in [-0.1, -0.05) is 19.0 Å². The smallest absolute Gasteiger partial charge is 0.245 e. The Bertz CT molecular complexity index is 1040. The molecule has 27 heavy (non-hydrogen) atoms.